The van der Waals surface area contributed by atoms with Gasteiger partial charge in [-0.1, -0.05) is 18.7 Å². The Hall–Kier alpha value is -1.86. The number of ether oxygens (including phenoxy) is 1. The number of hydrogen-bond acceptors (Lipinski definition) is 3. The molecule has 0 aliphatic carbocycles. The highest BCUT2D eigenvalue weighted by Gasteiger charge is 2.32. The molecule has 1 fully saturated rings. The molecule has 23 heavy (non-hydrogen) atoms. The molecule has 0 aromatic heterocycles. The number of hydrogen-bond donors (Lipinski definition) is 1. The molecule has 0 saturated carbocycles. The van der Waals surface area contributed by atoms with Gasteiger partial charge in [0.1, 0.15) is 18.1 Å². The molecule has 1 saturated heterocycles. The highest BCUT2D eigenvalue weighted by molar-refractivity contribution is 9.11. The lowest BCUT2D eigenvalue weighted by Crippen LogP contribution is -2.30. The molecule has 0 spiro atoms. The summed E-state index contributed by atoms with van der Waals surface area (Å²) in [5.74, 6) is 0.260. The van der Waals surface area contributed by atoms with Crippen molar-refractivity contribution in [3.05, 3.63) is 57.6 Å². The van der Waals surface area contributed by atoms with E-state index in [-0.39, 0.29) is 18.1 Å². The normalized spacial score (nSPS) is 15.7. The lowest BCUT2D eigenvalue weighted by atomic mass is 10.2. The van der Waals surface area contributed by atoms with E-state index >= 15 is 0 Å². The van der Waals surface area contributed by atoms with E-state index in [2.05, 4.69) is 50.3 Å². The number of urea groups is 1. The summed E-state index contributed by atoms with van der Waals surface area (Å²) < 4.78 is 6.99. The minimum Gasteiger partial charge on any atom is -0.487 e. The van der Waals surface area contributed by atoms with E-state index in [1.165, 1.54) is 6.08 Å². The van der Waals surface area contributed by atoms with Gasteiger partial charge in [-0.25, -0.2) is 4.79 Å². The molecule has 1 heterocycles. The smallest absolute Gasteiger partial charge is 0.329 e. The Morgan fingerprint density at radius 2 is 1.83 bits per heavy atom. The van der Waals surface area contributed by atoms with Crippen LogP contribution in [-0.4, -0.2) is 30.0 Å². The number of nitrogens with zero attached hydrogens (tertiary/aromatic N) is 1. The lowest BCUT2D eigenvalue weighted by Gasteiger charge is -2.10. The van der Waals surface area contributed by atoms with Crippen molar-refractivity contribution in [2.24, 2.45) is 0 Å². The standard InChI is InChI=1S/C16H14Br2N2O3/c1-3-5-20-15(21)13(19-16(20)22)9-10-7-11(17)14(12(18)8-10)23-6-4-2/h3-4,7-9H,1-2,5-6H2,(H,19,22)/b13-9-. The topological polar surface area (TPSA) is 58.6 Å². The molecule has 2 rings (SSSR count). The molecule has 0 atom stereocenters. The van der Waals surface area contributed by atoms with Gasteiger partial charge in [0, 0.05) is 6.54 Å². The molecular formula is C16H14Br2N2O3. The first-order valence-electron chi connectivity index (χ1n) is 6.66. The summed E-state index contributed by atoms with van der Waals surface area (Å²) in [6.45, 7) is 7.69. The molecule has 1 N–H and O–H groups in total. The minimum atomic E-state index is -0.454. The van der Waals surface area contributed by atoms with E-state index in [0.717, 1.165) is 19.4 Å². The van der Waals surface area contributed by atoms with Crippen LogP contribution >= 0.6 is 31.9 Å². The Morgan fingerprint density at radius 1 is 1.17 bits per heavy atom. The van der Waals surface area contributed by atoms with Gasteiger partial charge in [-0.2, -0.15) is 0 Å². The highest BCUT2D eigenvalue weighted by Crippen LogP contribution is 2.35. The van der Waals surface area contributed by atoms with Crippen LogP contribution in [0.3, 0.4) is 0 Å². The fourth-order valence-electron chi connectivity index (χ4n) is 1.98. The largest absolute Gasteiger partial charge is 0.487 e. The molecule has 0 radical (unpaired) electrons. The molecule has 1 aromatic carbocycles. The first-order valence-corrected chi connectivity index (χ1v) is 8.24. The third-order valence-corrected chi connectivity index (χ3v) is 4.13. The van der Waals surface area contributed by atoms with Crippen molar-refractivity contribution >= 4 is 49.9 Å². The average molecular weight is 442 g/mol. The fraction of sp³-hybridized carbons (Fsp3) is 0.125. The van der Waals surface area contributed by atoms with Crippen LogP contribution in [0.25, 0.3) is 6.08 Å². The van der Waals surface area contributed by atoms with E-state index in [1.807, 2.05) is 0 Å². The minimum absolute atomic E-state index is 0.170. The van der Waals surface area contributed by atoms with Crippen LogP contribution in [0.5, 0.6) is 5.75 Å². The van der Waals surface area contributed by atoms with Gasteiger partial charge >= 0.3 is 6.03 Å². The van der Waals surface area contributed by atoms with E-state index in [9.17, 15) is 9.59 Å². The van der Waals surface area contributed by atoms with Crippen LogP contribution in [0.2, 0.25) is 0 Å². The second-order valence-electron chi connectivity index (χ2n) is 4.61. The Morgan fingerprint density at radius 3 is 2.39 bits per heavy atom. The predicted octanol–water partition coefficient (Wildman–Crippen LogP) is 3.86. The monoisotopic (exact) mass is 440 g/mol. The third-order valence-electron chi connectivity index (χ3n) is 2.95. The summed E-state index contributed by atoms with van der Waals surface area (Å²) in [7, 11) is 0. The van der Waals surface area contributed by atoms with E-state index in [4.69, 9.17) is 4.74 Å². The van der Waals surface area contributed by atoms with Crippen molar-refractivity contribution in [3.63, 3.8) is 0 Å². The van der Waals surface area contributed by atoms with E-state index in [1.54, 1.807) is 24.3 Å². The second kappa shape index (κ2) is 7.61. The van der Waals surface area contributed by atoms with Crippen LogP contribution in [0, 0.1) is 0 Å². The van der Waals surface area contributed by atoms with E-state index in [0.29, 0.717) is 12.4 Å². The Balaban J connectivity index is 2.30. The number of halogens is 2. The van der Waals surface area contributed by atoms with Gasteiger partial charge in [0.15, 0.2) is 0 Å². The predicted molar refractivity (Wildman–Crippen MR) is 96.0 cm³/mol. The number of imide groups is 1. The molecule has 0 unspecified atom stereocenters. The Kier molecular flexibility index (Phi) is 5.79. The van der Waals surface area contributed by atoms with Crippen LogP contribution < -0.4 is 10.1 Å². The fourth-order valence-corrected chi connectivity index (χ4v) is 3.43. The maximum Gasteiger partial charge on any atom is 0.329 e. The van der Waals surface area contributed by atoms with Crippen molar-refractivity contribution in [2.75, 3.05) is 13.2 Å². The molecule has 1 aliphatic rings. The summed E-state index contributed by atoms with van der Waals surface area (Å²) in [5.41, 5.74) is 0.953. The summed E-state index contributed by atoms with van der Waals surface area (Å²) >= 11 is 6.85. The van der Waals surface area contributed by atoms with Gasteiger partial charge in [0.25, 0.3) is 5.91 Å². The maximum absolute atomic E-state index is 12.2. The highest BCUT2D eigenvalue weighted by atomic mass is 79.9. The molecule has 7 heteroatoms. The summed E-state index contributed by atoms with van der Waals surface area (Å²) in [6, 6.07) is 3.14. The van der Waals surface area contributed by atoms with Gasteiger partial charge in [-0.3, -0.25) is 9.69 Å². The molecule has 120 valence electrons. The van der Waals surface area contributed by atoms with Crippen molar-refractivity contribution < 1.29 is 14.3 Å². The van der Waals surface area contributed by atoms with Crippen LogP contribution in [-0.2, 0) is 4.79 Å². The molecule has 1 aliphatic heterocycles. The Bertz CT molecular complexity index is 690. The zero-order valence-corrected chi connectivity index (χ0v) is 15.3. The van der Waals surface area contributed by atoms with Gasteiger partial charge in [-0.15, -0.1) is 6.58 Å². The zero-order valence-electron chi connectivity index (χ0n) is 12.1. The van der Waals surface area contributed by atoms with Gasteiger partial charge in [-0.05, 0) is 55.6 Å². The lowest BCUT2D eigenvalue weighted by molar-refractivity contribution is -0.122. The number of nitrogens with one attached hydrogen (secondary N) is 1. The van der Waals surface area contributed by atoms with Crippen LogP contribution in [0.4, 0.5) is 4.79 Å². The summed E-state index contributed by atoms with van der Waals surface area (Å²) in [5, 5.41) is 2.55. The first kappa shape index (κ1) is 17.5. The number of benzene rings is 1. The van der Waals surface area contributed by atoms with Crippen molar-refractivity contribution in [2.45, 2.75) is 0 Å². The maximum atomic E-state index is 12.2. The molecule has 5 nitrogen and oxygen atoms in total. The average Bonchev–Trinajstić information content (AvgIpc) is 2.74. The zero-order chi connectivity index (χ0) is 17.0. The number of amides is 3. The van der Waals surface area contributed by atoms with Crippen molar-refractivity contribution in [1.29, 1.82) is 0 Å². The second-order valence-corrected chi connectivity index (χ2v) is 6.31. The SMILES string of the molecule is C=CCOc1c(Br)cc(/C=C2\NC(=O)N(CC=C)C2=O)cc1Br. The summed E-state index contributed by atoms with van der Waals surface area (Å²) in [6.07, 6.45) is 4.76. The number of carbonyl (C=O) groups excluding carboxylic acids is 2. The van der Waals surface area contributed by atoms with Crippen LogP contribution in [0.15, 0.2) is 52.1 Å². The van der Waals surface area contributed by atoms with Gasteiger partial charge in [0.2, 0.25) is 0 Å². The molecule has 0 bridgehead atoms. The molecule has 1 aromatic rings. The number of carbonyl (C=O) groups is 2. The third kappa shape index (κ3) is 3.92. The van der Waals surface area contributed by atoms with E-state index < -0.39 is 6.03 Å². The van der Waals surface area contributed by atoms with Crippen LogP contribution in [0.1, 0.15) is 5.56 Å². The summed E-state index contributed by atoms with van der Waals surface area (Å²) in [4.78, 5) is 25.0. The molecular weight excluding hydrogens is 428 g/mol. The Labute approximate surface area is 150 Å². The first-order chi connectivity index (χ1) is 11.0. The van der Waals surface area contributed by atoms with Crippen molar-refractivity contribution in [3.8, 4) is 5.75 Å². The number of rotatable bonds is 6. The van der Waals surface area contributed by atoms with Gasteiger partial charge < -0.3 is 10.1 Å². The quantitative estimate of drug-likeness (QED) is 0.414. The van der Waals surface area contributed by atoms with Crippen molar-refractivity contribution in [1.82, 2.24) is 10.2 Å². The molecule has 3 amide bonds. The van der Waals surface area contributed by atoms with Gasteiger partial charge in [0.05, 0.1) is 8.95 Å².